The zero-order chi connectivity index (χ0) is 20.9. The minimum absolute atomic E-state index is 0.134. The fourth-order valence-electron chi connectivity index (χ4n) is 3.99. The van der Waals surface area contributed by atoms with Gasteiger partial charge in [0.05, 0.1) is 6.26 Å². The highest BCUT2D eigenvalue weighted by atomic mass is 16.3. The molecule has 6 nitrogen and oxygen atoms in total. The molecule has 2 heterocycles. The molecule has 30 heavy (non-hydrogen) atoms. The Morgan fingerprint density at radius 3 is 2.63 bits per heavy atom. The first kappa shape index (κ1) is 19.9. The van der Waals surface area contributed by atoms with Crippen molar-refractivity contribution in [2.45, 2.75) is 44.7 Å². The average molecular weight is 403 g/mol. The van der Waals surface area contributed by atoms with E-state index >= 15 is 0 Å². The molecule has 1 N–H and O–H groups in total. The number of furan rings is 1. The van der Waals surface area contributed by atoms with Crippen molar-refractivity contribution < 1.29 is 14.0 Å². The molecule has 1 aromatic carbocycles. The van der Waals surface area contributed by atoms with Gasteiger partial charge >= 0.3 is 0 Å². The molecule has 1 atom stereocenters. The Balaban J connectivity index is 1.79. The van der Waals surface area contributed by atoms with Crippen LogP contribution in [0.4, 0.5) is 5.69 Å². The molecule has 1 fully saturated rings. The van der Waals surface area contributed by atoms with Crippen LogP contribution in [0.15, 0.2) is 71.6 Å². The molecule has 4 rings (SSSR count). The topological polar surface area (TPSA) is 75.4 Å². The Labute approximate surface area is 175 Å². The lowest BCUT2D eigenvalue weighted by Gasteiger charge is -2.31. The second-order valence-electron chi connectivity index (χ2n) is 7.67. The van der Waals surface area contributed by atoms with E-state index in [2.05, 4.69) is 10.3 Å². The van der Waals surface area contributed by atoms with E-state index in [4.69, 9.17) is 4.42 Å². The Bertz CT molecular complexity index is 996. The van der Waals surface area contributed by atoms with E-state index in [1.807, 2.05) is 37.3 Å². The highest BCUT2D eigenvalue weighted by Crippen LogP contribution is 2.31. The molecule has 3 aromatic rings. The Morgan fingerprint density at radius 2 is 1.97 bits per heavy atom. The van der Waals surface area contributed by atoms with E-state index in [9.17, 15) is 9.59 Å². The van der Waals surface area contributed by atoms with Crippen molar-refractivity contribution in [3.63, 3.8) is 0 Å². The fourth-order valence-corrected chi connectivity index (χ4v) is 3.99. The molecule has 1 saturated carbocycles. The summed E-state index contributed by atoms with van der Waals surface area (Å²) in [4.78, 5) is 32.7. The number of benzene rings is 1. The van der Waals surface area contributed by atoms with Gasteiger partial charge in [-0.05, 0) is 55.7 Å². The molecule has 6 heteroatoms. The van der Waals surface area contributed by atoms with Crippen LogP contribution < -0.4 is 10.2 Å². The number of carbonyl (C=O) groups excluding carboxylic acids is 2. The normalized spacial score (nSPS) is 15.0. The first-order chi connectivity index (χ1) is 14.6. The molecule has 0 unspecified atom stereocenters. The van der Waals surface area contributed by atoms with E-state index in [1.54, 1.807) is 30.6 Å². The predicted octanol–water partition coefficient (Wildman–Crippen LogP) is 4.43. The molecule has 0 radical (unpaired) electrons. The zero-order valence-electron chi connectivity index (χ0n) is 17.0. The molecule has 0 spiro atoms. The van der Waals surface area contributed by atoms with Crippen LogP contribution in [-0.4, -0.2) is 22.8 Å². The molecule has 2 amide bonds. The molecule has 154 valence electrons. The van der Waals surface area contributed by atoms with E-state index in [1.165, 1.54) is 11.2 Å². The number of amides is 2. The molecule has 0 aliphatic heterocycles. The van der Waals surface area contributed by atoms with Gasteiger partial charge in [0.15, 0.2) is 5.76 Å². The van der Waals surface area contributed by atoms with Crippen LogP contribution in [0.5, 0.6) is 0 Å². The zero-order valence-corrected chi connectivity index (χ0v) is 17.0. The van der Waals surface area contributed by atoms with Gasteiger partial charge in [-0.3, -0.25) is 19.5 Å². The molecular weight excluding hydrogens is 378 g/mol. The van der Waals surface area contributed by atoms with Crippen molar-refractivity contribution in [2.75, 3.05) is 4.90 Å². The van der Waals surface area contributed by atoms with Crippen LogP contribution in [0.2, 0.25) is 0 Å². The maximum absolute atomic E-state index is 13.5. The monoisotopic (exact) mass is 403 g/mol. The van der Waals surface area contributed by atoms with Crippen molar-refractivity contribution in [2.24, 2.45) is 0 Å². The number of aromatic nitrogens is 1. The molecule has 1 aliphatic rings. The van der Waals surface area contributed by atoms with Gasteiger partial charge in [0.1, 0.15) is 6.04 Å². The van der Waals surface area contributed by atoms with E-state index in [-0.39, 0.29) is 23.6 Å². The van der Waals surface area contributed by atoms with Gasteiger partial charge in [-0.2, -0.15) is 0 Å². The quantitative estimate of drug-likeness (QED) is 0.661. The first-order valence-corrected chi connectivity index (χ1v) is 10.3. The minimum Gasteiger partial charge on any atom is -0.459 e. The van der Waals surface area contributed by atoms with Crippen molar-refractivity contribution in [1.82, 2.24) is 10.3 Å². The van der Waals surface area contributed by atoms with Gasteiger partial charge in [0, 0.05) is 29.7 Å². The SMILES string of the molecule is Cc1cccc(N(C(=O)c2ccco2)[C@@H](C(=O)NC2CCCC2)c2cccnc2)c1. The third kappa shape index (κ3) is 4.27. The Kier molecular flexibility index (Phi) is 5.93. The first-order valence-electron chi connectivity index (χ1n) is 10.3. The van der Waals surface area contributed by atoms with E-state index < -0.39 is 6.04 Å². The number of nitrogens with zero attached hydrogens (tertiary/aromatic N) is 2. The lowest BCUT2D eigenvalue weighted by atomic mass is 10.0. The smallest absolute Gasteiger partial charge is 0.294 e. The summed E-state index contributed by atoms with van der Waals surface area (Å²) in [5.41, 5.74) is 2.27. The summed E-state index contributed by atoms with van der Waals surface area (Å²) in [6.45, 7) is 1.96. The Hall–Kier alpha value is -3.41. The van der Waals surface area contributed by atoms with Crippen molar-refractivity contribution in [1.29, 1.82) is 0 Å². The van der Waals surface area contributed by atoms with Crippen LogP contribution in [0.3, 0.4) is 0 Å². The van der Waals surface area contributed by atoms with Crippen LogP contribution >= 0.6 is 0 Å². The fraction of sp³-hybridized carbons (Fsp3) is 0.292. The summed E-state index contributed by atoms with van der Waals surface area (Å²) in [5, 5.41) is 3.15. The molecule has 2 aromatic heterocycles. The van der Waals surface area contributed by atoms with Gasteiger partial charge in [-0.1, -0.05) is 31.0 Å². The average Bonchev–Trinajstić information content (AvgIpc) is 3.46. The third-order valence-corrected chi connectivity index (χ3v) is 5.44. The van der Waals surface area contributed by atoms with Gasteiger partial charge in [0.2, 0.25) is 5.91 Å². The number of hydrogen-bond acceptors (Lipinski definition) is 4. The van der Waals surface area contributed by atoms with Crippen LogP contribution in [0.25, 0.3) is 0 Å². The number of aryl methyl sites for hydroxylation is 1. The summed E-state index contributed by atoms with van der Waals surface area (Å²) in [5.74, 6) is -0.406. The summed E-state index contributed by atoms with van der Waals surface area (Å²) in [6, 6.07) is 13.7. The van der Waals surface area contributed by atoms with Crippen molar-refractivity contribution >= 4 is 17.5 Å². The number of hydrogen-bond donors (Lipinski definition) is 1. The molecule has 0 saturated heterocycles. The lowest BCUT2D eigenvalue weighted by molar-refractivity contribution is -0.123. The van der Waals surface area contributed by atoms with Gasteiger partial charge in [0.25, 0.3) is 5.91 Å². The Morgan fingerprint density at radius 1 is 1.13 bits per heavy atom. The molecule has 0 bridgehead atoms. The van der Waals surface area contributed by atoms with Gasteiger partial charge in [-0.25, -0.2) is 0 Å². The predicted molar refractivity (Wildman–Crippen MR) is 114 cm³/mol. The molecule has 1 aliphatic carbocycles. The summed E-state index contributed by atoms with van der Waals surface area (Å²) < 4.78 is 5.39. The van der Waals surface area contributed by atoms with Gasteiger partial charge < -0.3 is 9.73 Å². The number of carbonyl (C=O) groups is 2. The minimum atomic E-state index is -0.862. The van der Waals surface area contributed by atoms with Crippen molar-refractivity contribution in [3.05, 3.63) is 84.1 Å². The lowest BCUT2D eigenvalue weighted by Crippen LogP contribution is -2.46. The third-order valence-electron chi connectivity index (χ3n) is 5.44. The highest BCUT2D eigenvalue weighted by Gasteiger charge is 2.35. The maximum Gasteiger partial charge on any atom is 0.294 e. The highest BCUT2D eigenvalue weighted by molar-refractivity contribution is 6.08. The van der Waals surface area contributed by atoms with Crippen LogP contribution in [0, 0.1) is 6.92 Å². The van der Waals surface area contributed by atoms with E-state index in [0.29, 0.717) is 11.3 Å². The second kappa shape index (κ2) is 8.95. The van der Waals surface area contributed by atoms with Crippen LogP contribution in [0.1, 0.15) is 53.4 Å². The summed E-state index contributed by atoms with van der Waals surface area (Å²) in [6.07, 6.45) is 8.88. The van der Waals surface area contributed by atoms with Crippen molar-refractivity contribution in [3.8, 4) is 0 Å². The summed E-state index contributed by atoms with van der Waals surface area (Å²) in [7, 11) is 0. The number of anilines is 1. The second-order valence-corrected chi connectivity index (χ2v) is 7.67. The molecular formula is C24H25N3O3. The van der Waals surface area contributed by atoms with Crippen LogP contribution in [-0.2, 0) is 4.79 Å². The number of rotatable bonds is 6. The number of pyridine rings is 1. The maximum atomic E-state index is 13.5. The summed E-state index contributed by atoms with van der Waals surface area (Å²) >= 11 is 0. The van der Waals surface area contributed by atoms with E-state index in [0.717, 1.165) is 31.2 Å². The number of nitrogens with one attached hydrogen (secondary N) is 1. The standard InChI is InChI=1S/C24H25N3O3/c1-17-7-4-11-20(15-17)27(24(29)21-12-6-14-30-21)22(18-8-5-13-25-16-18)23(28)26-19-9-2-3-10-19/h4-8,11-16,19,22H,2-3,9-10H2,1H3,(H,26,28)/t22-/m1/s1. The largest absolute Gasteiger partial charge is 0.459 e. The van der Waals surface area contributed by atoms with Gasteiger partial charge in [-0.15, -0.1) is 0 Å².